The molecule has 0 saturated heterocycles. The normalized spacial score (nSPS) is 13.4. The summed E-state index contributed by atoms with van der Waals surface area (Å²) in [6.07, 6.45) is -2.45. The van der Waals surface area contributed by atoms with Gasteiger partial charge in [0.25, 0.3) is 0 Å². The van der Waals surface area contributed by atoms with Crippen molar-refractivity contribution in [1.29, 1.82) is 0 Å². The van der Waals surface area contributed by atoms with Gasteiger partial charge in [-0.05, 0) is 17.2 Å². The summed E-state index contributed by atoms with van der Waals surface area (Å²) < 4.78 is 0. The van der Waals surface area contributed by atoms with Crippen LogP contribution < -0.4 is 0 Å². The maximum atomic E-state index is 10.5. The van der Waals surface area contributed by atoms with Crippen LogP contribution in [0.25, 0.3) is 0 Å². The second-order valence-corrected chi connectivity index (χ2v) is 5.73. The van der Waals surface area contributed by atoms with Crippen molar-refractivity contribution in [2.24, 2.45) is 0 Å². The molecule has 3 aromatic carbocycles. The molecule has 25 heavy (non-hydrogen) atoms. The molecular weight excluding hydrogens is 320 g/mol. The zero-order valence-electron chi connectivity index (χ0n) is 13.2. The Kier molecular flexibility index (Phi) is 4.61. The summed E-state index contributed by atoms with van der Waals surface area (Å²) >= 11 is 0. The van der Waals surface area contributed by atoms with E-state index < -0.39 is 29.5 Å². The Morgan fingerprint density at radius 1 is 0.520 bits per heavy atom. The molecule has 5 N–H and O–H groups in total. The number of benzene rings is 3. The van der Waals surface area contributed by atoms with Gasteiger partial charge in [0.05, 0.1) is 0 Å². The summed E-state index contributed by atoms with van der Waals surface area (Å²) in [5.74, 6) is -2.03. The summed E-state index contributed by atoms with van der Waals surface area (Å²) in [6, 6.07) is 18.5. The molecule has 0 bridgehead atoms. The van der Waals surface area contributed by atoms with Crippen LogP contribution in [0, 0.1) is 0 Å². The maximum Gasteiger partial charge on any atom is 0.201 e. The van der Waals surface area contributed by atoms with Crippen molar-refractivity contribution in [2.75, 3.05) is 0 Å². The van der Waals surface area contributed by atoms with Gasteiger partial charge in [-0.2, -0.15) is 0 Å². The van der Waals surface area contributed by atoms with Crippen molar-refractivity contribution >= 4 is 0 Å². The Bertz CT molecular complexity index is 793. The van der Waals surface area contributed by atoms with E-state index in [1.54, 1.807) is 60.7 Å². The first-order valence-electron chi connectivity index (χ1n) is 7.74. The monoisotopic (exact) mass is 338 g/mol. The third-order valence-electron chi connectivity index (χ3n) is 4.13. The summed E-state index contributed by atoms with van der Waals surface area (Å²) in [7, 11) is 0. The van der Waals surface area contributed by atoms with E-state index in [4.69, 9.17) is 0 Å². The standard InChI is InChI=1S/C20H18O5/c21-16(12-7-3-1-4-8-12)14-11-15(19(24)20(25)18(14)23)17(22)13-9-5-2-6-10-13/h1-11,16-17,21-25H. The van der Waals surface area contributed by atoms with Gasteiger partial charge in [0.1, 0.15) is 12.2 Å². The Labute approximate surface area is 144 Å². The summed E-state index contributed by atoms with van der Waals surface area (Å²) in [4.78, 5) is 0. The topological polar surface area (TPSA) is 101 Å². The van der Waals surface area contributed by atoms with E-state index in [0.717, 1.165) is 0 Å². The van der Waals surface area contributed by atoms with E-state index in [1.807, 2.05) is 0 Å². The van der Waals surface area contributed by atoms with Gasteiger partial charge in [0.15, 0.2) is 11.5 Å². The smallest absolute Gasteiger partial charge is 0.201 e. The molecule has 0 aliphatic heterocycles. The number of aromatic hydroxyl groups is 3. The van der Waals surface area contributed by atoms with Gasteiger partial charge in [-0.1, -0.05) is 60.7 Å². The van der Waals surface area contributed by atoms with Crippen LogP contribution in [0.2, 0.25) is 0 Å². The van der Waals surface area contributed by atoms with Gasteiger partial charge in [-0.25, -0.2) is 0 Å². The predicted octanol–water partition coefficient (Wildman–Crippen LogP) is 2.97. The predicted molar refractivity (Wildman–Crippen MR) is 92.4 cm³/mol. The fraction of sp³-hybridized carbons (Fsp3) is 0.100. The first kappa shape index (κ1) is 16.8. The van der Waals surface area contributed by atoms with Crippen LogP contribution in [0.1, 0.15) is 34.5 Å². The summed E-state index contributed by atoms with van der Waals surface area (Å²) in [5.41, 5.74) is 0.990. The van der Waals surface area contributed by atoms with Crippen LogP contribution in [0.5, 0.6) is 17.2 Å². The summed E-state index contributed by atoms with van der Waals surface area (Å²) in [6.45, 7) is 0. The van der Waals surface area contributed by atoms with Crippen LogP contribution in [-0.4, -0.2) is 25.5 Å². The Morgan fingerprint density at radius 3 is 1.24 bits per heavy atom. The highest BCUT2D eigenvalue weighted by molar-refractivity contribution is 5.60. The van der Waals surface area contributed by atoms with E-state index in [1.165, 1.54) is 6.07 Å². The number of hydrogen-bond acceptors (Lipinski definition) is 5. The van der Waals surface area contributed by atoms with Crippen LogP contribution in [0.3, 0.4) is 0 Å². The molecule has 0 aliphatic carbocycles. The highest BCUT2D eigenvalue weighted by Gasteiger charge is 2.26. The highest BCUT2D eigenvalue weighted by atomic mass is 16.3. The van der Waals surface area contributed by atoms with Crippen molar-refractivity contribution in [3.63, 3.8) is 0 Å². The molecule has 0 spiro atoms. The first-order valence-corrected chi connectivity index (χ1v) is 7.74. The minimum atomic E-state index is -1.23. The van der Waals surface area contributed by atoms with Crippen LogP contribution in [0.4, 0.5) is 0 Å². The number of aliphatic hydroxyl groups excluding tert-OH is 2. The Balaban J connectivity index is 2.10. The Morgan fingerprint density at radius 2 is 0.880 bits per heavy atom. The average Bonchev–Trinajstić information content (AvgIpc) is 2.67. The molecule has 2 unspecified atom stereocenters. The Hall–Kier alpha value is -3.02. The van der Waals surface area contributed by atoms with E-state index in [9.17, 15) is 25.5 Å². The lowest BCUT2D eigenvalue weighted by atomic mass is 9.93. The first-order chi connectivity index (χ1) is 12.0. The number of hydrogen-bond donors (Lipinski definition) is 5. The minimum absolute atomic E-state index is 0.00789. The molecule has 128 valence electrons. The molecule has 0 saturated carbocycles. The molecule has 5 heteroatoms. The fourth-order valence-electron chi connectivity index (χ4n) is 2.74. The second-order valence-electron chi connectivity index (χ2n) is 5.73. The molecule has 0 amide bonds. The molecule has 3 aromatic rings. The van der Waals surface area contributed by atoms with Gasteiger partial charge in [0, 0.05) is 11.1 Å². The minimum Gasteiger partial charge on any atom is -0.504 e. The SMILES string of the molecule is Oc1c(C(O)c2ccccc2)cc(C(O)c2ccccc2)c(O)c1O. The third kappa shape index (κ3) is 3.15. The number of phenolic OH excluding ortho intramolecular Hbond substituents is 3. The molecule has 2 atom stereocenters. The maximum absolute atomic E-state index is 10.5. The zero-order valence-corrected chi connectivity index (χ0v) is 13.2. The van der Waals surface area contributed by atoms with Crippen LogP contribution in [0.15, 0.2) is 66.7 Å². The molecular formula is C20H18O5. The quantitative estimate of drug-likeness (QED) is 0.471. The molecule has 0 fully saturated rings. The van der Waals surface area contributed by atoms with Crippen LogP contribution in [-0.2, 0) is 0 Å². The van der Waals surface area contributed by atoms with Crippen molar-refractivity contribution < 1.29 is 25.5 Å². The molecule has 0 heterocycles. The third-order valence-corrected chi connectivity index (χ3v) is 4.13. The molecule has 3 rings (SSSR count). The van der Waals surface area contributed by atoms with Crippen molar-refractivity contribution in [2.45, 2.75) is 12.2 Å². The van der Waals surface area contributed by atoms with Crippen molar-refractivity contribution in [1.82, 2.24) is 0 Å². The number of phenols is 3. The molecule has 5 nitrogen and oxygen atoms in total. The number of aliphatic hydroxyl groups is 2. The number of rotatable bonds is 4. The zero-order chi connectivity index (χ0) is 18.0. The van der Waals surface area contributed by atoms with Crippen molar-refractivity contribution in [3.8, 4) is 17.2 Å². The molecule has 0 aliphatic rings. The van der Waals surface area contributed by atoms with E-state index in [-0.39, 0.29) is 11.1 Å². The van der Waals surface area contributed by atoms with Gasteiger partial charge in [-0.15, -0.1) is 0 Å². The average molecular weight is 338 g/mol. The van der Waals surface area contributed by atoms with E-state index >= 15 is 0 Å². The molecule has 0 aromatic heterocycles. The fourth-order valence-corrected chi connectivity index (χ4v) is 2.74. The lowest BCUT2D eigenvalue weighted by molar-refractivity contribution is 0.204. The van der Waals surface area contributed by atoms with Gasteiger partial charge in [0.2, 0.25) is 5.75 Å². The van der Waals surface area contributed by atoms with Gasteiger partial charge < -0.3 is 25.5 Å². The van der Waals surface area contributed by atoms with Crippen LogP contribution >= 0.6 is 0 Å². The second kappa shape index (κ2) is 6.84. The summed E-state index contributed by atoms with van der Waals surface area (Å²) in [5, 5.41) is 51.4. The lowest BCUT2D eigenvalue weighted by Gasteiger charge is -2.19. The van der Waals surface area contributed by atoms with E-state index in [2.05, 4.69) is 0 Å². The van der Waals surface area contributed by atoms with Gasteiger partial charge >= 0.3 is 0 Å². The van der Waals surface area contributed by atoms with Crippen molar-refractivity contribution in [3.05, 3.63) is 89.0 Å². The lowest BCUT2D eigenvalue weighted by Crippen LogP contribution is -2.05. The molecule has 0 radical (unpaired) electrons. The van der Waals surface area contributed by atoms with E-state index in [0.29, 0.717) is 11.1 Å². The highest BCUT2D eigenvalue weighted by Crippen LogP contribution is 2.46. The van der Waals surface area contributed by atoms with Gasteiger partial charge in [-0.3, -0.25) is 0 Å². The largest absolute Gasteiger partial charge is 0.504 e.